The van der Waals surface area contributed by atoms with Gasteiger partial charge < -0.3 is 9.52 Å². The van der Waals surface area contributed by atoms with E-state index < -0.39 is 4.92 Å². The Labute approximate surface area is 162 Å². The molecule has 3 rings (SSSR count). The number of benzene rings is 1. The third kappa shape index (κ3) is 4.49. The Kier molecular flexibility index (Phi) is 5.48. The lowest BCUT2D eigenvalue weighted by Gasteiger charge is -2.05. The molecule has 1 N–H and O–H groups in total. The molecule has 1 aliphatic heterocycles. The molecule has 27 heavy (non-hydrogen) atoms. The van der Waals surface area contributed by atoms with E-state index in [1.807, 2.05) is 0 Å². The minimum Gasteiger partial charge on any atom is -0.508 e. The van der Waals surface area contributed by atoms with Crippen molar-refractivity contribution in [2.45, 2.75) is 0 Å². The second-order valence-corrected chi connectivity index (χ2v) is 6.82. The summed E-state index contributed by atoms with van der Waals surface area (Å²) in [5, 5.41) is 25.0. The third-order valence-electron chi connectivity index (χ3n) is 3.29. The molecule has 0 spiro atoms. The van der Waals surface area contributed by atoms with Crippen molar-refractivity contribution in [3.8, 4) is 5.75 Å². The van der Waals surface area contributed by atoms with Crippen LogP contribution in [0.1, 0.15) is 11.3 Å². The van der Waals surface area contributed by atoms with Crippen molar-refractivity contribution in [3.05, 3.63) is 74.9 Å². The average molecular weight is 401 g/mol. The number of thiocarbonyl (C=S) groups is 1. The molecule has 0 radical (unpaired) electrons. The minimum absolute atomic E-state index is 0.134. The Morgan fingerprint density at radius 1 is 1.26 bits per heavy atom. The number of nitrogens with zero attached hydrogens (tertiary/aromatic N) is 3. The van der Waals surface area contributed by atoms with Crippen molar-refractivity contribution in [1.82, 2.24) is 5.01 Å². The smallest absolute Gasteiger partial charge is 0.433 e. The summed E-state index contributed by atoms with van der Waals surface area (Å²) in [5.74, 6) is -0.312. The van der Waals surface area contributed by atoms with Gasteiger partial charge in [-0.15, -0.1) is 0 Å². The van der Waals surface area contributed by atoms with Crippen LogP contribution in [0.5, 0.6) is 5.75 Å². The number of hydrogen-bond acceptors (Lipinski definition) is 8. The summed E-state index contributed by atoms with van der Waals surface area (Å²) in [4.78, 5) is 22.7. The summed E-state index contributed by atoms with van der Waals surface area (Å²) >= 11 is 6.25. The van der Waals surface area contributed by atoms with Gasteiger partial charge in [0.2, 0.25) is 0 Å². The Balaban J connectivity index is 1.69. The highest BCUT2D eigenvalue weighted by atomic mass is 32.2. The van der Waals surface area contributed by atoms with Crippen LogP contribution in [0.15, 0.2) is 63.0 Å². The highest BCUT2D eigenvalue weighted by Crippen LogP contribution is 2.31. The lowest BCUT2D eigenvalue weighted by molar-refractivity contribution is -0.402. The molecule has 136 valence electrons. The van der Waals surface area contributed by atoms with E-state index in [2.05, 4.69) is 5.10 Å². The van der Waals surface area contributed by atoms with Crippen molar-refractivity contribution >= 4 is 52.4 Å². The molecule has 2 aromatic rings. The summed E-state index contributed by atoms with van der Waals surface area (Å²) < 4.78 is 5.27. The number of nitro groups is 1. The van der Waals surface area contributed by atoms with Crippen molar-refractivity contribution in [2.24, 2.45) is 5.10 Å². The van der Waals surface area contributed by atoms with E-state index in [4.69, 9.17) is 16.6 Å². The average Bonchev–Trinajstić information content (AvgIpc) is 3.21. The van der Waals surface area contributed by atoms with E-state index in [1.54, 1.807) is 18.2 Å². The largest absolute Gasteiger partial charge is 0.508 e. The minimum atomic E-state index is -0.630. The number of rotatable bonds is 5. The topological polar surface area (TPSA) is 109 Å². The molecule has 0 unspecified atom stereocenters. The van der Waals surface area contributed by atoms with Gasteiger partial charge in [0.1, 0.15) is 16.4 Å². The van der Waals surface area contributed by atoms with Gasteiger partial charge in [-0.2, -0.15) is 10.1 Å². The molecule has 1 saturated heterocycles. The van der Waals surface area contributed by atoms with E-state index in [0.29, 0.717) is 16.2 Å². The number of furan rings is 1. The van der Waals surface area contributed by atoms with Gasteiger partial charge in [0, 0.05) is 0 Å². The van der Waals surface area contributed by atoms with Gasteiger partial charge in [-0.25, -0.2) is 0 Å². The fourth-order valence-electron chi connectivity index (χ4n) is 2.02. The molecule has 1 aromatic carbocycles. The summed E-state index contributed by atoms with van der Waals surface area (Å²) in [6, 6.07) is 9.02. The molecule has 1 amide bonds. The predicted molar refractivity (Wildman–Crippen MR) is 105 cm³/mol. The summed E-state index contributed by atoms with van der Waals surface area (Å²) in [6.45, 7) is 0. The Morgan fingerprint density at radius 3 is 2.67 bits per heavy atom. The highest BCUT2D eigenvalue weighted by molar-refractivity contribution is 8.26. The number of phenolic OH excluding ortho intramolecular Hbond substituents is 1. The van der Waals surface area contributed by atoms with Crippen LogP contribution in [-0.4, -0.2) is 31.5 Å². The number of amides is 1. The van der Waals surface area contributed by atoms with E-state index >= 15 is 0 Å². The van der Waals surface area contributed by atoms with Gasteiger partial charge in [-0.1, -0.05) is 17.8 Å². The van der Waals surface area contributed by atoms with Crippen LogP contribution >= 0.6 is 24.0 Å². The predicted octanol–water partition coefficient (Wildman–Crippen LogP) is 3.68. The normalized spacial score (nSPS) is 16.3. The van der Waals surface area contributed by atoms with Crippen molar-refractivity contribution in [1.29, 1.82) is 0 Å². The number of carbonyl (C=O) groups is 1. The summed E-state index contributed by atoms with van der Waals surface area (Å²) in [5.41, 5.74) is 0.699. The molecule has 8 nitrogen and oxygen atoms in total. The number of carbonyl (C=O) groups excluding carboxylic acids is 1. The van der Waals surface area contributed by atoms with Crippen LogP contribution in [0.3, 0.4) is 0 Å². The van der Waals surface area contributed by atoms with Crippen LogP contribution in [0.2, 0.25) is 0 Å². The number of hydrazone groups is 1. The summed E-state index contributed by atoms with van der Waals surface area (Å²) in [7, 11) is 0. The molecule has 2 heterocycles. The van der Waals surface area contributed by atoms with E-state index in [-0.39, 0.29) is 21.9 Å². The number of phenols is 1. The lowest BCUT2D eigenvalue weighted by Crippen LogP contribution is -2.22. The fourth-order valence-corrected chi connectivity index (χ4v) is 3.14. The maximum Gasteiger partial charge on any atom is 0.433 e. The van der Waals surface area contributed by atoms with Crippen LogP contribution in [0, 0.1) is 10.1 Å². The first-order valence-electron chi connectivity index (χ1n) is 7.46. The first kappa shape index (κ1) is 18.5. The first-order chi connectivity index (χ1) is 12.9. The monoisotopic (exact) mass is 401 g/mol. The maximum atomic E-state index is 12.4. The molecule has 10 heteroatoms. The van der Waals surface area contributed by atoms with E-state index in [0.717, 1.165) is 16.8 Å². The SMILES string of the molecule is O=C1/C(=C\C=C\c2ccc([N+](=O)[O-])o2)SC(=S)N1/N=C/c1ccc(O)cc1. The molecule has 0 bridgehead atoms. The maximum absolute atomic E-state index is 12.4. The quantitative estimate of drug-likeness (QED) is 0.267. The molecule has 0 atom stereocenters. The fraction of sp³-hybridized carbons (Fsp3) is 0. The van der Waals surface area contributed by atoms with Gasteiger partial charge in [0.05, 0.1) is 17.2 Å². The van der Waals surface area contributed by atoms with Crippen LogP contribution in [-0.2, 0) is 4.79 Å². The third-order valence-corrected chi connectivity index (χ3v) is 4.59. The van der Waals surface area contributed by atoms with Crippen LogP contribution in [0.25, 0.3) is 6.08 Å². The lowest BCUT2D eigenvalue weighted by atomic mass is 10.2. The Bertz CT molecular complexity index is 992. The van der Waals surface area contributed by atoms with Gasteiger partial charge in [0.15, 0.2) is 4.32 Å². The Morgan fingerprint density at radius 2 is 2.00 bits per heavy atom. The van der Waals surface area contributed by atoms with E-state index in [9.17, 15) is 20.0 Å². The number of thioether (sulfide) groups is 1. The van der Waals surface area contributed by atoms with Gasteiger partial charge in [0.25, 0.3) is 5.91 Å². The number of hydrogen-bond donors (Lipinski definition) is 1. The molecule has 0 aliphatic carbocycles. The zero-order valence-electron chi connectivity index (χ0n) is 13.5. The van der Waals surface area contributed by atoms with Gasteiger partial charge in [-0.05, 0) is 60.3 Å². The molecule has 1 aromatic heterocycles. The molecule has 0 saturated carbocycles. The van der Waals surface area contributed by atoms with Crippen molar-refractivity contribution in [2.75, 3.05) is 0 Å². The van der Waals surface area contributed by atoms with Gasteiger partial charge >= 0.3 is 5.88 Å². The number of allylic oxidation sites excluding steroid dienone is 2. The van der Waals surface area contributed by atoms with Crippen molar-refractivity contribution in [3.63, 3.8) is 0 Å². The van der Waals surface area contributed by atoms with Crippen molar-refractivity contribution < 1.29 is 19.2 Å². The number of aromatic hydroxyl groups is 1. The zero-order chi connectivity index (χ0) is 19.4. The van der Waals surface area contributed by atoms with Crippen LogP contribution < -0.4 is 0 Å². The molecule has 1 fully saturated rings. The highest BCUT2D eigenvalue weighted by Gasteiger charge is 2.31. The van der Waals surface area contributed by atoms with Gasteiger partial charge in [-0.3, -0.25) is 14.9 Å². The zero-order valence-corrected chi connectivity index (χ0v) is 15.1. The van der Waals surface area contributed by atoms with Crippen LogP contribution in [0.4, 0.5) is 5.88 Å². The standard InChI is InChI=1S/C17H11N3O5S2/c21-12-6-4-11(5-7-12)10-18-19-16(22)14(27-17(19)26)3-1-2-13-8-9-15(25-13)20(23)24/h1-10,21H/b2-1+,14-3+,18-10+. The second-order valence-electron chi connectivity index (χ2n) is 5.14. The first-order valence-corrected chi connectivity index (χ1v) is 8.68. The molecule has 1 aliphatic rings. The Hall–Kier alpha value is -3.24. The summed E-state index contributed by atoms with van der Waals surface area (Å²) in [6.07, 6.45) is 6.03. The second kappa shape index (κ2) is 7.98. The molecular formula is C17H11N3O5S2. The van der Waals surface area contributed by atoms with E-state index in [1.165, 1.54) is 42.6 Å². The molecular weight excluding hydrogens is 390 g/mol.